The summed E-state index contributed by atoms with van der Waals surface area (Å²) in [5.74, 6) is -0.708. The molecular formula is C16H15BrFN3O2. The zero-order chi connectivity index (χ0) is 16.8. The number of urea groups is 1. The number of hydrogen-bond acceptors (Lipinski definition) is 2. The molecule has 23 heavy (non-hydrogen) atoms. The Balaban J connectivity index is 2.09. The van der Waals surface area contributed by atoms with Crippen molar-refractivity contribution in [3.63, 3.8) is 0 Å². The SMILES string of the molecule is NC(=O)NC(CC(=O)Nc1ccc(F)cc1)c1cccc(Br)c1. The fraction of sp³-hybridized carbons (Fsp3) is 0.125. The molecule has 0 saturated heterocycles. The first kappa shape index (κ1) is 17.0. The van der Waals surface area contributed by atoms with Gasteiger partial charge in [-0.15, -0.1) is 0 Å². The number of carbonyl (C=O) groups is 2. The van der Waals surface area contributed by atoms with Crippen LogP contribution in [0.4, 0.5) is 14.9 Å². The van der Waals surface area contributed by atoms with Crippen molar-refractivity contribution in [1.82, 2.24) is 5.32 Å². The summed E-state index contributed by atoms with van der Waals surface area (Å²) in [7, 11) is 0. The lowest BCUT2D eigenvalue weighted by Crippen LogP contribution is -2.35. The highest BCUT2D eigenvalue weighted by Gasteiger charge is 2.18. The van der Waals surface area contributed by atoms with Gasteiger partial charge < -0.3 is 16.4 Å². The van der Waals surface area contributed by atoms with Crippen LogP contribution in [-0.4, -0.2) is 11.9 Å². The molecular weight excluding hydrogens is 365 g/mol. The molecule has 0 aromatic heterocycles. The van der Waals surface area contributed by atoms with Crippen molar-refractivity contribution in [2.75, 3.05) is 5.32 Å². The fourth-order valence-electron chi connectivity index (χ4n) is 2.08. The predicted molar refractivity (Wildman–Crippen MR) is 89.2 cm³/mol. The minimum absolute atomic E-state index is 0.00320. The summed E-state index contributed by atoms with van der Waals surface area (Å²) in [6.45, 7) is 0. The molecule has 0 bridgehead atoms. The average molecular weight is 380 g/mol. The third kappa shape index (κ3) is 5.37. The number of carbonyl (C=O) groups excluding carboxylic acids is 2. The number of halogens is 2. The van der Waals surface area contributed by atoms with Gasteiger partial charge in [-0.2, -0.15) is 0 Å². The summed E-state index contributed by atoms with van der Waals surface area (Å²) in [5, 5.41) is 5.19. The molecule has 120 valence electrons. The number of rotatable bonds is 5. The molecule has 0 heterocycles. The number of amides is 3. The normalized spacial score (nSPS) is 11.6. The molecule has 0 aliphatic carbocycles. The van der Waals surface area contributed by atoms with Crippen LogP contribution in [0.5, 0.6) is 0 Å². The van der Waals surface area contributed by atoms with E-state index in [1.54, 1.807) is 18.2 Å². The lowest BCUT2D eigenvalue weighted by molar-refractivity contribution is -0.116. The highest BCUT2D eigenvalue weighted by Crippen LogP contribution is 2.21. The van der Waals surface area contributed by atoms with Gasteiger partial charge in [0.2, 0.25) is 5.91 Å². The number of benzene rings is 2. The van der Waals surface area contributed by atoms with Gasteiger partial charge in [0.15, 0.2) is 0 Å². The minimum Gasteiger partial charge on any atom is -0.352 e. The van der Waals surface area contributed by atoms with Gasteiger partial charge in [0.1, 0.15) is 5.82 Å². The Hall–Kier alpha value is -2.41. The number of anilines is 1. The van der Waals surface area contributed by atoms with E-state index in [4.69, 9.17) is 5.73 Å². The second kappa shape index (κ2) is 7.73. The van der Waals surface area contributed by atoms with Gasteiger partial charge in [-0.3, -0.25) is 4.79 Å². The Morgan fingerprint density at radius 1 is 1.17 bits per heavy atom. The fourth-order valence-corrected chi connectivity index (χ4v) is 2.49. The maximum Gasteiger partial charge on any atom is 0.312 e. The predicted octanol–water partition coefficient (Wildman–Crippen LogP) is 3.33. The molecule has 0 aliphatic rings. The van der Waals surface area contributed by atoms with Crippen molar-refractivity contribution < 1.29 is 14.0 Å². The second-order valence-corrected chi connectivity index (χ2v) is 5.79. The van der Waals surface area contributed by atoms with Crippen LogP contribution in [0.1, 0.15) is 18.0 Å². The quantitative estimate of drug-likeness (QED) is 0.744. The van der Waals surface area contributed by atoms with Gasteiger partial charge in [-0.25, -0.2) is 9.18 Å². The van der Waals surface area contributed by atoms with Gasteiger partial charge in [0.05, 0.1) is 12.5 Å². The van der Waals surface area contributed by atoms with E-state index in [0.29, 0.717) is 5.69 Å². The Morgan fingerprint density at radius 3 is 2.48 bits per heavy atom. The molecule has 0 fully saturated rings. The molecule has 2 aromatic rings. The molecule has 1 unspecified atom stereocenters. The summed E-state index contributed by atoms with van der Waals surface area (Å²) in [6.07, 6.45) is -0.00320. The van der Waals surface area contributed by atoms with E-state index in [1.807, 2.05) is 6.07 Å². The monoisotopic (exact) mass is 379 g/mol. The van der Waals surface area contributed by atoms with Crippen LogP contribution < -0.4 is 16.4 Å². The first-order valence-corrected chi connectivity index (χ1v) is 7.60. The summed E-state index contributed by atoms with van der Waals surface area (Å²) < 4.78 is 13.7. The Morgan fingerprint density at radius 2 is 1.87 bits per heavy atom. The van der Waals surface area contributed by atoms with Gasteiger partial charge in [-0.1, -0.05) is 28.1 Å². The van der Waals surface area contributed by atoms with Crippen LogP contribution in [0.15, 0.2) is 53.0 Å². The van der Waals surface area contributed by atoms with Crippen molar-refractivity contribution in [2.24, 2.45) is 5.73 Å². The molecule has 7 heteroatoms. The second-order valence-electron chi connectivity index (χ2n) is 4.88. The molecule has 0 saturated carbocycles. The lowest BCUT2D eigenvalue weighted by Gasteiger charge is -2.18. The largest absolute Gasteiger partial charge is 0.352 e. The molecule has 0 radical (unpaired) electrons. The summed E-state index contributed by atoms with van der Waals surface area (Å²) in [4.78, 5) is 23.3. The number of primary amides is 1. The molecule has 4 N–H and O–H groups in total. The van der Waals surface area contributed by atoms with Crippen LogP contribution in [0, 0.1) is 5.82 Å². The first-order valence-electron chi connectivity index (χ1n) is 6.81. The van der Waals surface area contributed by atoms with Crippen molar-refractivity contribution in [2.45, 2.75) is 12.5 Å². The van der Waals surface area contributed by atoms with E-state index in [1.165, 1.54) is 24.3 Å². The Bertz CT molecular complexity index is 707. The zero-order valence-corrected chi connectivity index (χ0v) is 13.6. The van der Waals surface area contributed by atoms with Gasteiger partial charge in [0.25, 0.3) is 0 Å². The van der Waals surface area contributed by atoms with Crippen LogP contribution >= 0.6 is 15.9 Å². The van der Waals surface area contributed by atoms with Crippen LogP contribution in [-0.2, 0) is 4.79 Å². The third-order valence-electron chi connectivity index (χ3n) is 3.09. The van der Waals surface area contributed by atoms with Crippen LogP contribution in [0.25, 0.3) is 0 Å². The van der Waals surface area contributed by atoms with Crippen molar-refractivity contribution in [1.29, 1.82) is 0 Å². The Kier molecular flexibility index (Phi) is 5.70. The van der Waals surface area contributed by atoms with E-state index in [0.717, 1.165) is 10.0 Å². The molecule has 2 rings (SSSR count). The summed E-state index contributed by atoms with van der Waals surface area (Å²) in [6, 6.07) is 11.4. The highest BCUT2D eigenvalue weighted by atomic mass is 79.9. The topological polar surface area (TPSA) is 84.2 Å². The van der Waals surface area contributed by atoms with E-state index in [2.05, 4.69) is 26.6 Å². The van der Waals surface area contributed by atoms with E-state index in [-0.39, 0.29) is 18.1 Å². The minimum atomic E-state index is -0.718. The lowest BCUT2D eigenvalue weighted by atomic mass is 10.0. The maximum atomic E-state index is 12.9. The van der Waals surface area contributed by atoms with Gasteiger partial charge >= 0.3 is 6.03 Å². The van der Waals surface area contributed by atoms with Crippen molar-refractivity contribution in [3.05, 3.63) is 64.4 Å². The molecule has 3 amide bonds. The zero-order valence-electron chi connectivity index (χ0n) is 12.1. The molecule has 2 aromatic carbocycles. The molecule has 0 aliphatic heterocycles. The first-order chi connectivity index (χ1) is 10.9. The average Bonchev–Trinajstić information content (AvgIpc) is 2.48. The van der Waals surface area contributed by atoms with E-state index >= 15 is 0 Å². The number of hydrogen-bond donors (Lipinski definition) is 3. The van der Waals surface area contributed by atoms with Crippen molar-refractivity contribution >= 4 is 33.6 Å². The molecule has 1 atom stereocenters. The Labute approximate surface area is 141 Å². The summed E-state index contributed by atoms with van der Waals surface area (Å²) in [5.41, 5.74) is 6.40. The maximum absolute atomic E-state index is 12.9. The standard InChI is InChI=1S/C16H15BrFN3O2/c17-11-3-1-2-10(8-11)14(21-16(19)23)9-15(22)20-13-6-4-12(18)5-7-13/h1-8,14H,9H2,(H,20,22)(H3,19,21,23). The van der Waals surface area contributed by atoms with E-state index in [9.17, 15) is 14.0 Å². The smallest absolute Gasteiger partial charge is 0.312 e. The van der Waals surface area contributed by atoms with Gasteiger partial charge in [-0.05, 0) is 42.0 Å². The number of nitrogens with one attached hydrogen (secondary N) is 2. The third-order valence-corrected chi connectivity index (χ3v) is 3.58. The van der Waals surface area contributed by atoms with Crippen LogP contribution in [0.2, 0.25) is 0 Å². The number of nitrogens with two attached hydrogens (primary N) is 1. The van der Waals surface area contributed by atoms with Gasteiger partial charge in [0, 0.05) is 10.2 Å². The molecule has 0 spiro atoms. The molecule has 5 nitrogen and oxygen atoms in total. The van der Waals surface area contributed by atoms with E-state index < -0.39 is 12.1 Å². The van der Waals surface area contributed by atoms with Crippen molar-refractivity contribution in [3.8, 4) is 0 Å². The highest BCUT2D eigenvalue weighted by molar-refractivity contribution is 9.10. The van der Waals surface area contributed by atoms with Crippen LogP contribution in [0.3, 0.4) is 0 Å². The summed E-state index contributed by atoms with van der Waals surface area (Å²) >= 11 is 3.34.